The molecule has 3 aromatic rings. The van der Waals surface area contributed by atoms with Crippen molar-refractivity contribution in [1.29, 1.82) is 0 Å². The van der Waals surface area contributed by atoms with Crippen molar-refractivity contribution >= 4 is 23.6 Å². The van der Waals surface area contributed by atoms with Crippen molar-refractivity contribution in [2.45, 2.75) is 31.4 Å². The summed E-state index contributed by atoms with van der Waals surface area (Å²) in [6, 6.07) is 25.1. The first kappa shape index (κ1) is 21.5. The van der Waals surface area contributed by atoms with E-state index in [0.717, 1.165) is 16.7 Å². The van der Waals surface area contributed by atoms with Gasteiger partial charge in [-0.2, -0.15) is 0 Å². The van der Waals surface area contributed by atoms with E-state index in [0.29, 0.717) is 30.2 Å². The van der Waals surface area contributed by atoms with Crippen LogP contribution in [0.3, 0.4) is 0 Å². The first-order valence-corrected chi connectivity index (χ1v) is 11.5. The van der Waals surface area contributed by atoms with Crippen LogP contribution in [-0.2, 0) is 22.6 Å². The van der Waals surface area contributed by atoms with Gasteiger partial charge in [-0.05, 0) is 47.6 Å². The van der Waals surface area contributed by atoms with E-state index in [9.17, 15) is 9.59 Å². The van der Waals surface area contributed by atoms with Gasteiger partial charge in [0.05, 0.1) is 11.1 Å². The summed E-state index contributed by atoms with van der Waals surface area (Å²) < 4.78 is 11.1. The van der Waals surface area contributed by atoms with Crippen LogP contribution in [0, 0.1) is 5.92 Å². The average Bonchev–Trinajstić information content (AvgIpc) is 3.56. The highest BCUT2D eigenvalue weighted by atomic mass is 35.5. The summed E-state index contributed by atoms with van der Waals surface area (Å²) in [5, 5.41) is 0.518. The zero-order valence-electron chi connectivity index (χ0n) is 18.0. The Morgan fingerprint density at radius 1 is 1.00 bits per heavy atom. The van der Waals surface area contributed by atoms with Gasteiger partial charge in [0.25, 0.3) is 0 Å². The molecule has 2 amide bonds. The van der Waals surface area contributed by atoms with Gasteiger partial charge in [0.1, 0.15) is 19.0 Å². The zero-order chi connectivity index (χ0) is 22.8. The van der Waals surface area contributed by atoms with Gasteiger partial charge in [-0.3, -0.25) is 4.79 Å². The number of halogens is 1. The van der Waals surface area contributed by atoms with Crippen LogP contribution in [0.15, 0.2) is 78.9 Å². The van der Waals surface area contributed by atoms with Crippen molar-refractivity contribution in [3.05, 3.63) is 101 Å². The van der Waals surface area contributed by atoms with E-state index in [4.69, 9.17) is 21.1 Å². The smallest absolute Gasteiger partial charge is 0.416 e. The molecule has 0 spiro atoms. The maximum absolute atomic E-state index is 13.2. The topological polar surface area (TPSA) is 55.8 Å². The summed E-state index contributed by atoms with van der Waals surface area (Å²) >= 11 is 6.46. The molecule has 1 saturated carbocycles. The van der Waals surface area contributed by atoms with Crippen LogP contribution in [0.5, 0.6) is 5.75 Å². The van der Waals surface area contributed by atoms with Gasteiger partial charge in [-0.15, -0.1) is 0 Å². The Balaban J connectivity index is 1.23. The van der Waals surface area contributed by atoms with E-state index in [-0.39, 0.29) is 30.4 Å². The summed E-state index contributed by atoms with van der Waals surface area (Å²) in [4.78, 5) is 26.8. The van der Waals surface area contributed by atoms with Gasteiger partial charge in [0, 0.05) is 5.92 Å². The van der Waals surface area contributed by atoms with Crippen LogP contribution >= 0.6 is 11.6 Å². The number of hydrogen-bond donors (Lipinski definition) is 0. The summed E-state index contributed by atoms with van der Waals surface area (Å²) in [6.45, 7) is 0.667. The molecule has 3 aromatic carbocycles. The number of carbonyl (C=O) groups excluding carboxylic acids is 2. The van der Waals surface area contributed by atoms with Crippen molar-refractivity contribution in [2.24, 2.45) is 5.92 Å². The van der Waals surface area contributed by atoms with Crippen LogP contribution < -0.4 is 4.74 Å². The normalized spacial score (nSPS) is 21.5. The molecule has 5 nitrogen and oxygen atoms in total. The summed E-state index contributed by atoms with van der Waals surface area (Å²) in [6.07, 6.45) is 0.741. The third kappa shape index (κ3) is 4.74. The summed E-state index contributed by atoms with van der Waals surface area (Å²) in [5.74, 6) is 0.257. The monoisotopic (exact) mass is 461 g/mol. The van der Waals surface area contributed by atoms with Gasteiger partial charge in [0.15, 0.2) is 0 Å². The fourth-order valence-electron chi connectivity index (χ4n) is 4.38. The minimum atomic E-state index is -0.547. The average molecular weight is 462 g/mol. The molecule has 1 saturated heterocycles. The Labute approximate surface area is 197 Å². The molecule has 2 fully saturated rings. The van der Waals surface area contributed by atoms with E-state index in [2.05, 4.69) is 0 Å². The molecule has 33 heavy (non-hydrogen) atoms. The van der Waals surface area contributed by atoms with Gasteiger partial charge in [0.2, 0.25) is 5.91 Å². The maximum atomic E-state index is 13.2. The lowest BCUT2D eigenvalue weighted by Gasteiger charge is -2.20. The number of hydrogen-bond acceptors (Lipinski definition) is 4. The molecular formula is C27H24ClNO4. The van der Waals surface area contributed by atoms with Crippen LogP contribution in [0.4, 0.5) is 4.79 Å². The fourth-order valence-corrected chi connectivity index (χ4v) is 4.63. The Bertz CT molecular complexity index is 1150. The number of nitrogens with zero attached hydrogens (tertiary/aromatic N) is 1. The lowest BCUT2D eigenvalue weighted by Crippen LogP contribution is -2.41. The summed E-state index contributed by atoms with van der Waals surface area (Å²) in [7, 11) is 0. The highest BCUT2D eigenvalue weighted by Gasteiger charge is 2.50. The van der Waals surface area contributed by atoms with Crippen LogP contribution in [-0.4, -0.2) is 29.5 Å². The number of benzene rings is 3. The Morgan fingerprint density at radius 2 is 1.70 bits per heavy atom. The second-order valence-corrected chi connectivity index (χ2v) is 8.95. The first-order valence-electron chi connectivity index (χ1n) is 11.1. The number of amides is 2. The van der Waals surface area contributed by atoms with Crippen LogP contribution in [0.1, 0.15) is 29.0 Å². The van der Waals surface area contributed by atoms with Crippen LogP contribution in [0.2, 0.25) is 5.02 Å². The number of cyclic esters (lactones) is 1. The zero-order valence-corrected chi connectivity index (χ0v) is 18.8. The van der Waals surface area contributed by atoms with Crippen molar-refractivity contribution < 1.29 is 19.1 Å². The quantitative estimate of drug-likeness (QED) is 0.458. The maximum Gasteiger partial charge on any atom is 0.416 e. The molecule has 3 atom stereocenters. The Morgan fingerprint density at radius 3 is 2.39 bits per heavy atom. The van der Waals surface area contributed by atoms with E-state index in [1.54, 1.807) is 0 Å². The lowest BCUT2D eigenvalue weighted by molar-refractivity contribution is -0.130. The molecule has 1 heterocycles. The van der Waals surface area contributed by atoms with Crippen molar-refractivity contribution in [2.75, 3.05) is 6.61 Å². The molecule has 1 aliphatic heterocycles. The molecule has 2 aliphatic rings. The van der Waals surface area contributed by atoms with Crippen molar-refractivity contribution in [3.63, 3.8) is 0 Å². The van der Waals surface area contributed by atoms with E-state index >= 15 is 0 Å². The molecule has 168 valence electrons. The second-order valence-electron chi connectivity index (χ2n) is 8.54. The van der Waals surface area contributed by atoms with Crippen LogP contribution in [0.25, 0.3) is 0 Å². The first-order chi connectivity index (χ1) is 16.1. The molecule has 2 unspecified atom stereocenters. The van der Waals surface area contributed by atoms with Gasteiger partial charge in [-0.25, -0.2) is 9.69 Å². The molecule has 0 bridgehead atoms. The number of rotatable bonds is 7. The lowest BCUT2D eigenvalue weighted by atomic mass is 10.0. The third-order valence-corrected chi connectivity index (χ3v) is 6.54. The largest absolute Gasteiger partial charge is 0.487 e. The predicted octanol–water partition coefficient (Wildman–Crippen LogP) is 5.61. The second kappa shape index (κ2) is 9.28. The number of imide groups is 1. The minimum Gasteiger partial charge on any atom is -0.487 e. The molecule has 0 radical (unpaired) electrons. The minimum absolute atomic E-state index is 0.0453. The van der Waals surface area contributed by atoms with Crippen molar-refractivity contribution in [1.82, 2.24) is 4.90 Å². The van der Waals surface area contributed by atoms with Crippen molar-refractivity contribution in [3.8, 4) is 5.75 Å². The van der Waals surface area contributed by atoms with E-state index < -0.39 is 6.09 Å². The predicted molar refractivity (Wildman–Crippen MR) is 125 cm³/mol. The molecule has 5 rings (SSSR count). The van der Waals surface area contributed by atoms with Gasteiger partial charge >= 0.3 is 6.09 Å². The highest BCUT2D eigenvalue weighted by Crippen LogP contribution is 2.50. The Hall–Kier alpha value is -3.31. The summed E-state index contributed by atoms with van der Waals surface area (Å²) in [5.41, 5.74) is 3.12. The highest BCUT2D eigenvalue weighted by molar-refractivity contribution is 6.32. The number of ether oxygens (including phenoxy) is 2. The van der Waals surface area contributed by atoms with Gasteiger partial charge < -0.3 is 9.47 Å². The molecule has 0 aromatic heterocycles. The molecular weight excluding hydrogens is 438 g/mol. The van der Waals surface area contributed by atoms with Gasteiger partial charge in [-0.1, -0.05) is 78.3 Å². The SMILES string of the molecule is O=C1OC[C@@H](Cc2ccccc2)N1C(=O)C1CC1c1ccc(OCc2ccccc2)c(Cl)c1. The molecule has 6 heteroatoms. The Kier molecular flexibility index (Phi) is 6.05. The molecule has 0 N–H and O–H groups in total. The third-order valence-electron chi connectivity index (χ3n) is 6.24. The standard InChI is InChI=1S/C27H24ClNO4/c28-24-14-20(11-12-25(24)32-16-19-9-5-2-6-10-19)22-15-23(22)26(30)29-21(17-33-27(29)31)13-18-7-3-1-4-8-18/h1-12,14,21-23H,13,15-17H2/t21-,22?,23?/m1/s1. The van der Waals surface area contributed by atoms with E-state index in [1.165, 1.54) is 4.90 Å². The van der Waals surface area contributed by atoms with E-state index in [1.807, 2.05) is 78.9 Å². The fraction of sp³-hybridized carbons (Fsp3) is 0.259. The number of carbonyl (C=O) groups is 2. The molecule has 1 aliphatic carbocycles.